The Bertz CT molecular complexity index is 694. The molecule has 0 bridgehead atoms. The Morgan fingerprint density at radius 3 is 2.85 bits per heavy atom. The van der Waals surface area contributed by atoms with Gasteiger partial charge in [0.05, 0.1) is 6.54 Å². The van der Waals surface area contributed by atoms with Crippen molar-refractivity contribution in [1.29, 1.82) is 0 Å². The van der Waals surface area contributed by atoms with Crippen LogP contribution in [0.4, 0.5) is 5.82 Å². The Balaban J connectivity index is 1.54. The van der Waals surface area contributed by atoms with Crippen LogP contribution in [0.25, 0.3) is 0 Å². The van der Waals surface area contributed by atoms with E-state index in [0.29, 0.717) is 6.54 Å². The van der Waals surface area contributed by atoms with Crippen molar-refractivity contribution in [3.63, 3.8) is 0 Å². The van der Waals surface area contributed by atoms with Gasteiger partial charge in [-0.1, -0.05) is 12.1 Å². The van der Waals surface area contributed by atoms with Crippen molar-refractivity contribution in [3.05, 3.63) is 54.5 Å². The predicted molar refractivity (Wildman–Crippen MR) is 103 cm³/mol. The van der Waals surface area contributed by atoms with Crippen molar-refractivity contribution in [2.24, 2.45) is 0 Å². The number of hydrogen-bond acceptors (Lipinski definition) is 5. The van der Waals surface area contributed by atoms with Gasteiger partial charge < -0.3 is 9.80 Å². The van der Waals surface area contributed by atoms with Crippen molar-refractivity contribution in [2.45, 2.75) is 25.4 Å². The number of anilines is 1. The molecule has 6 nitrogen and oxygen atoms in total. The second kappa shape index (κ2) is 8.76. The number of hydrogen-bond donors (Lipinski definition) is 0. The van der Waals surface area contributed by atoms with Gasteiger partial charge in [0.25, 0.3) is 0 Å². The van der Waals surface area contributed by atoms with E-state index < -0.39 is 0 Å². The summed E-state index contributed by atoms with van der Waals surface area (Å²) >= 11 is 0. The van der Waals surface area contributed by atoms with Crippen LogP contribution in [0.15, 0.2) is 48.9 Å². The van der Waals surface area contributed by atoms with E-state index in [0.717, 1.165) is 43.9 Å². The zero-order valence-corrected chi connectivity index (χ0v) is 15.6. The third-order valence-electron chi connectivity index (χ3n) is 4.89. The van der Waals surface area contributed by atoms with Gasteiger partial charge in [-0.25, -0.2) is 4.98 Å². The predicted octanol–water partition coefficient (Wildman–Crippen LogP) is 2.04. The Kier molecular flexibility index (Phi) is 6.17. The topological polar surface area (TPSA) is 52.6 Å². The lowest BCUT2D eigenvalue weighted by atomic mass is 10.0. The van der Waals surface area contributed by atoms with Gasteiger partial charge in [0.15, 0.2) is 0 Å². The van der Waals surface area contributed by atoms with Gasteiger partial charge >= 0.3 is 0 Å². The van der Waals surface area contributed by atoms with Gasteiger partial charge in [-0.05, 0) is 43.7 Å². The Labute approximate surface area is 155 Å². The first kappa shape index (κ1) is 18.3. The van der Waals surface area contributed by atoms with E-state index in [-0.39, 0.29) is 11.9 Å². The standard InChI is InChI=1S/C20H27N5O/c1-23(14-17-7-5-10-21-13-17)16-20(26)24(2)18-8-6-12-25(15-18)19-9-3-4-11-22-19/h3-5,7,9-11,13,18H,6,8,12,14-16H2,1-2H3/t18-/m0/s1. The zero-order valence-electron chi connectivity index (χ0n) is 15.6. The summed E-state index contributed by atoms with van der Waals surface area (Å²) in [7, 11) is 3.90. The number of rotatable bonds is 6. The number of piperidine rings is 1. The molecule has 1 fully saturated rings. The molecule has 1 saturated heterocycles. The smallest absolute Gasteiger partial charge is 0.236 e. The maximum Gasteiger partial charge on any atom is 0.236 e. The van der Waals surface area contributed by atoms with Crippen LogP contribution in [0.2, 0.25) is 0 Å². The van der Waals surface area contributed by atoms with Crippen LogP contribution < -0.4 is 4.90 Å². The minimum Gasteiger partial charge on any atom is -0.355 e. The lowest BCUT2D eigenvalue weighted by Gasteiger charge is -2.38. The Morgan fingerprint density at radius 2 is 2.12 bits per heavy atom. The summed E-state index contributed by atoms with van der Waals surface area (Å²) in [6, 6.07) is 10.2. The molecule has 3 heterocycles. The quantitative estimate of drug-likeness (QED) is 0.795. The van der Waals surface area contributed by atoms with Crippen molar-refractivity contribution < 1.29 is 4.79 Å². The molecule has 3 rings (SSSR count). The molecule has 0 N–H and O–H groups in total. The maximum absolute atomic E-state index is 12.7. The molecule has 1 atom stereocenters. The van der Waals surface area contributed by atoms with Crippen LogP contribution in [-0.2, 0) is 11.3 Å². The number of likely N-dealkylation sites (N-methyl/N-ethyl adjacent to an activating group) is 2. The number of carbonyl (C=O) groups excluding carboxylic acids is 1. The average Bonchev–Trinajstić information content (AvgIpc) is 2.69. The summed E-state index contributed by atoms with van der Waals surface area (Å²) in [5.41, 5.74) is 1.12. The summed E-state index contributed by atoms with van der Waals surface area (Å²) in [4.78, 5) is 27.5. The van der Waals surface area contributed by atoms with E-state index >= 15 is 0 Å². The monoisotopic (exact) mass is 353 g/mol. The molecule has 0 saturated carbocycles. The minimum absolute atomic E-state index is 0.157. The summed E-state index contributed by atoms with van der Waals surface area (Å²) in [5.74, 6) is 1.15. The van der Waals surface area contributed by atoms with Crippen molar-refractivity contribution in [2.75, 3.05) is 38.6 Å². The number of pyridine rings is 2. The summed E-state index contributed by atoms with van der Waals surface area (Å²) in [5, 5.41) is 0. The summed E-state index contributed by atoms with van der Waals surface area (Å²) in [6.45, 7) is 2.96. The third kappa shape index (κ3) is 4.79. The number of carbonyl (C=O) groups is 1. The van der Waals surface area contributed by atoms with Crippen LogP contribution in [0.5, 0.6) is 0 Å². The van der Waals surface area contributed by atoms with Crippen LogP contribution in [0.1, 0.15) is 18.4 Å². The van der Waals surface area contributed by atoms with Crippen LogP contribution in [-0.4, -0.2) is 65.4 Å². The van der Waals surface area contributed by atoms with Gasteiger partial charge in [-0.3, -0.25) is 14.7 Å². The van der Waals surface area contributed by atoms with E-state index in [1.807, 2.05) is 66.6 Å². The van der Waals surface area contributed by atoms with Crippen molar-refractivity contribution >= 4 is 11.7 Å². The SMILES string of the molecule is CN(CC(=O)N(C)[C@H]1CCCN(c2ccccn2)C1)Cc1cccnc1. The fraction of sp³-hybridized carbons (Fsp3) is 0.450. The number of aromatic nitrogens is 2. The highest BCUT2D eigenvalue weighted by molar-refractivity contribution is 5.78. The first-order valence-electron chi connectivity index (χ1n) is 9.12. The molecule has 26 heavy (non-hydrogen) atoms. The van der Waals surface area contributed by atoms with E-state index in [9.17, 15) is 4.79 Å². The van der Waals surface area contributed by atoms with E-state index in [2.05, 4.69) is 14.9 Å². The molecular weight excluding hydrogens is 326 g/mol. The van der Waals surface area contributed by atoms with Gasteiger partial charge in [0, 0.05) is 51.3 Å². The van der Waals surface area contributed by atoms with Gasteiger partial charge in [-0.15, -0.1) is 0 Å². The van der Waals surface area contributed by atoms with E-state index in [1.165, 1.54) is 0 Å². The molecule has 0 spiro atoms. The van der Waals surface area contributed by atoms with Gasteiger partial charge in [0.2, 0.25) is 5.91 Å². The first-order valence-corrected chi connectivity index (χ1v) is 9.12. The Hall–Kier alpha value is -2.47. The van der Waals surface area contributed by atoms with Gasteiger partial charge in [-0.2, -0.15) is 0 Å². The highest BCUT2D eigenvalue weighted by Gasteiger charge is 2.27. The van der Waals surface area contributed by atoms with Crippen LogP contribution in [0.3, 0.4) is 0 Å². The van der Waals surface area contributed by atoms with E-state index in [1.54, 1.807) is 6.20 Å². The molecule has 1 aliphatic rings. The molecule has 2 aromatic heterocycles. The van der Waals surface area contributed by atoms with Crippen LogP contribution in [0, 0.1) is 0 Å². The largest absolute Gasteiger partial charge is 0.355 e. The van der Waals surface area contributed by atoms with Gasteiger partial charge in [0.1, 0.15) is 5.82 Å². The fourth-order valence-electron chi connectivity index (χ4n) is 3.43. The minimum atomic E-state index is 0.157. The maximum atomic E-state index is 12.7. The van der Waals surface area contributed by atoms with E-state index in [4.69, 9.17) is 0 Å². The molecule has 0 aliphatic carbocycles. The molecular formula is C20H27N5O. The molecule has 0 radical (unpaired) electrons. The average molecular weight is 353 g/mol. The second-order valence-corrected chi connectivity index (χ2v) is 6.97. The normalized spacial score (nSPS) is 17.3. The van der Waals surface area contributed by atoms with Crippen molar-refractivity contribution in [1.82, 2.24) is 19.8 Å². The molecule has 0 aromatic carbocycles. The fourth-order valence-corrected chi connectivity index (χ4v) is 3.43. The molecule has 2 aromatic rings. The highest BCUT2D eigenvalue weighted by atomic mass is 16.2. The molecule has 138 valence electrons. The van der Waals surface area contributed by atoms with Crippen molar-refractivity contribution in [3.8, 4) is 0 Å². The molecule has 0 unspecified atom stereocenters. The number of nitrogens with zero attached hydrogens (tertiary/aromatic N) is 5. The Morgan fingerprint density at radius 1 is 1.23 bits per heavy atom. The summed E-state index contributed by atoms with van der Waals surface area (Å²) in [6.07, 6.45) is 7.54. The summed E-state index contributed by atoms with van der Waals surface area (Å²) < 4.78 is 0. The van der Waals surface area contributed by atoms with Crippen LogP contribution >= 0.6 is 0 Å². The first-order chi connectivity index (χ1) is 12.6. The molecule has 1 amide bonds. The number of amides is 1. The lowest BCUT2D eigenvalue weighted by molar-refractivity contribution is -0.133. The second-order valence-electron chi connectivity index (χ2n) is 6.97. The third-order valence-corrected chi connectivity index (χ3v) is 4.89. The highest BCUT2D eigenvalue weighted by Crippen LogP contribution is 2.20. The zero-order chi connectivity index (χ0) is 18.4. The molecule has 1 aliphatic heterocycles. The molecule has 6 heteroatoms. The lowest BCUT2D eigenvalue weighted by Crippen LogP contribution is -2.50.